The molecule has 0 N–H and O–H groups in total. The van der Waals surface area contributed by atoms with Crippen molar-refractivity contribution in [3.8, 4) is 11.5 Å². The van der Waals surface area contributed by atoms with E-state index in [4.69, 9.17) is 16.0 Å². The van der Waals surface area contributed by atoms with Crippen LogP contribution in [0.1, 0.15) is 17.1 Å². The summed E-state index contributed by atoms with van der Waals surface area (Å²) in [6.45, 7) is 3.68. The fraction of sp³-hybridized carbons (Fsp3) is 0.300. The topological polar surface area (TPSA) is 51.8 Å². The van der Waals surface area contributed by atoms with Crippen molar-refractivity contribution in [2.24, 2.45) is 0 Å². The fourth-order valence-electron chi connectivity index (χ4n) is 1.21. The summed E-state index contributed by atoms with van der Waals surface area (Å²) in [5.74, 6) is 1.59. The van der Waals surface area contributed by atoms with E-state index in [1.807, 2.05) is 6.92 Å². The van der Waals surface area contributed by atoms with Crippen molar-refractivity contribution in [2.75, 3.05) is 0 Å². The van der Waals surface area contributed by atoms with Crippen LogP contribution < -0.4 is 0 Å². The monoisotopic (exact) mass is 223 g/mol. The number of halogens is 1. The van der Waals surface area contributed by atoms with Crippen LogP contribution in [-0.4, -0.2) is 15.0 Å². The minimum Gasteiger partial charge on any atom is -0.449 e. The molecule has 5 heteroatoms. The van der Waals surface area contributed by atoms with Crippen molar-refractivity contribution in [3.05, 3.63) is 29.6 Å². The van der Waals surface area contributed by atoms with Crippen molar-refractivity contribution in [3.63, 3.8) is 0 Å². The number of oxazole rings is 1. The number of hydrogen-bond acceptors (Lipinski definition) is 4. The number of hydrogen-bond donors (Lipinski definition) is 0. The Balaban J connectivity index is 2.42. The van der Waals surface area contributed by atoms with Gasteiger partial charge in [0.1, 0.15) is 12.0 Å². The molecule has 0 aliphatic heterocycles. The summed E-state index contributed by atoms with van der Waals surface area (Å²) >= 11 is 5.72. The average molecular weight is 224 g/mol. The molecule has 0 spiro atoms. The quantitative estimate of drug-likeness (QED) is 0.734. The Labute approximate surface area is 92.3 Å². The van der Waals surface area contributed by atoms with Crippen LogP contribution in [0.2, 0.25) is 0 Å². The van der Waals surface area contributed by atoms with Crippen LogP contribution in [0.3, 0.4) is 0 Å². The molecule has 2 aromatic heterocycles. The maximum atomic E-state index is 5.72. The van der Waals surface area contributed by atoms with Gasteiger partial charge in [0.25, 0.3) is 0 Å². The molecule has 0 aliphatic carbocycles. The zero-order valence-corrected chi connectivity index (χ0v) is 9.25. The minimum absolute atomic E-state index is 0.421. The zero-order valence-electron chi connectivity index (χ0n) is 8.49. The fourth-order valence-corrected chi connectivity index (χ4v) is 1.48. The highest BCUT2D eigenvalue weighted by Gasteiger charge is 2.08. The summed E-state index contributed by atoms with van der Waals surface area (Å²) in [6, 6.07) is 0. The van der Waals surface area contributed by atoms with E-state index in [1.54, 1.807) is 19.4 Å². The van der Waals surface area contributed by atoms with Gasteiger partial charge < -0.3 is 4.42 Å². The third kappa shape index (κ3) is 1.99. The second kappa shape index (κ2) is 3.98. The summed E-state index contributed by atoms with van der Waals surface area (Å²) < 4.78 is 5.10. The van der Waals surface area contributed by atoms with Crippen LogP contribution >= 0.6 is 11.6 Å². The molecular weight excluding hydrogens is 214 g/mol. The number of aryl methyl sites for hydroxylation is 2. The highest BCUT2D eigenvalue weighted by atomic mass is 35.5. The van der Waals surface area contributed by atoms with Crippen LogP contribution in [0.4, 0.5) is 0 Å². The number of nitrogens with zero attached hydrogens (tertiary/aromatic N) is 3. The second-order valence-corrected chi connectivity index (χ2v) is 3.46. The predicted octanol–water partition coefficient (Wildman–Crippen LogP) is 2.49. The largest absolute Gasteiger partial charge is 0.449 e. The van der Waals surface area contributed by atoms with Gasteiger partial charge in [-0.15, -0.1) is 11.6 Å². The molecule has 0 saturated heterocycles. The summed E-state index contributed by atoms with van der Waals surface area (Å²) in [5.41, 5.74) is 2.45. The number of aromatic nitrogens is 3. The third-order valence-corrected chi connectivity index (χ3v) is 2.36. The Morgan fingerprint density at radius 2 is 2.13 bits per heavy atom. The van der Waals surface area contributed by atoms with Crippen molar-refractivity contribution < 1.29 is 4.42 Å². The Hall–Kier alpha value is -1.42. The van der Waals surface area contributed by atoms with Crippen LogP contribution in [0, 0.1) is 13.8 Å². The van der Waals surface area contributed by atoms with Gasteiger partial charge in [0.15, 0.2) is 11.7 Å². The van der Waals surface area contributed by atoms with Gasteiger partial charge in [-0.25, -0.2) is 15.0 Å². The van der Waals surface area contributed by atoms with Gasteiger partial charge >= 0.3 is 0 Å². The first kappa shape index (κ1) is 10.1. The lowest BCUT2D eigenvalue weighted by Gasteiger charge is -2.01. The van der Waals surface area contributed by atoms with Gasteiger partial charge in [-0.2, -0.15) is 0 Å². The average Bonchev–Trinajstić information content (AvgIpc) is 2.65. The molecule has 0 aliphatic rings. The number of alkyl halides is 1. The molecule has 0 aromatic carbocycles. The van der Waals surface area contributed by atoms with E-state index in [1.165, 1.54) is 0 Å². The van der Waals surface area contributed by atoms with Gasteiger partial charge in [0.2, 0.25) is 0 Å². The zero-order chi connectivity index (χ0) is 10.8. The molecular formula is C10H10ClN3O. The Morgan fingerprint density at radius 1 is 1.33 bits per heavy atom. The molecule has 0 fully saturated rings. The van der Waals surface area contributed by atoms with Crippen LogP contribution in [0.15, 0.2) is 16.9 Å². The first-order valence-electron chi connectivity index (χ1n) is 4.51. The van der Waals surface area contributed by atoms with Crippen LogP contribution in [-0.2, 0) is 5.88 Å². The molecule has 15 heavy (non-hydrogen) atoms. The van der Waals surface area contributed by atoms with Gasteiger partial charge in [-0.05, 0) is 6.92 Å². The minimum atomic E-state index is 0.421. The molecule has 78 valence electrons. The van der Waals surface area contributed by atoms with Gasteiger partial charge in [0.05, 0.1) is 5.88 Å². The second-order valence-electron chi connectivity index (χ2n) is 3.19. The van der Waals surface area contributed by atoms with Crippen LogP contribution in [0.25, 0.3) is 11.5 Å². The predicted molar refractivity (Wildman–Crippen MR) is 56.6 cm³/mol. The molecule has 0 amide bonds. The lowest BCUT2D eigenvalue weighted by molar-refractivity contribution is 0.521. The molecule has 0 radical (unpaired) electrons. The maximum Gasteiger partial charge on any atom is 0.191 e. The lowest BCUT2D eigenvalue weighted by atomic mass is 10.2. The lowest BCUT2D eigenvalue weighted by Crippen LogP contribution is -1.96. The highest BCUT2D eigenvalue weighted by Crippen LogP contribution is 2.16. The molecule has 0 bridgehead atoms. The van der Waals surface area contributed by atoms with Gasteiger partial charge in [0, 0.05) is 24.4 Å². The maximum absolute atomic E-state index is 5.72. The number of rotatable bonds is 2. The SMILES string of the molecule is Cc1nc(-c2ncc(CCl)c(C)n2)co1. The molecule has 4 nitrogen and oxygen atoms in total. The Bertz CT molecular complexity index is 481. The smallest absolute Gasteiger partial charge is 0.191 e. The molecule has 0 saturated carbocycles. The van der Waals surface area contributed by atoms with E-state index in [9.17, 15) is 0 Å². The molecule has 0 atom stereocenters. The summed E-state index contributed by atoms with van der Waals surface area (Å²) in [4.78, 5) is 12.6. The molecule has 2 aromatic rings. The first-order valence-corrected chi connectivity index (χ1v) is 5.05. The van der Waals surface area contributed by atoms with Gasteiger partial charge in [-0.1, -0.05) is 0 Å². The standard InChI is InChI=1S/C10H10ClN3O/c1-6-8(3-11)4-12-10(13-6)9-5-15-7(2)14-9/h4-5H,3H2,1-2H3. The van der Waals surface area contributed by atoms with Crippen molar-refractivity contribution in [1.82, 2.24) is 15.0 Å². The van der Waals surface area contributed by atoms with Crippen molar-refractivity contribution in [1.29, 1.82) is 0 Å². The van der Waals surface area contributed by atoms with Crippen molar-refractivity contribution >= 4 is 11.6 Å². The molecule has 2 heterocycles. The van der Waals surface area contributed by atoms with Gasteiger partial charge in [-0.3, -0.25) is 0 Å². The third-order valence-electron chi connectivity index (χ3n) is 2.07. The molecule has 2 rings (SSSR count). The first-order chi connectivity index (χ1) is 7.20. The van der Waals surface area contributed by atoms with E-state index in [-0.39, 0.29) is 0 Å². The van der Waals surface area contributed by atoms with Crippen LogP contribution in [0.5, 0.6) is 0 Å². The normalized spacial score (nSPS) is 10.6. The van der Waals surface area contributed by atoms with Crippen molar-refractivity contribution in [2.45, 2.75) is 19.7 Å². The molecule has 0 unspecified atom stereocenters. The van der Waals surface area contributed by atoms with E-state index in [0.29, 0.717) is 23.3 Å². The van der Waals surface area contributed by atoms with E-state index in [0.717, 1.165) is 11.3 Å². The van der Waals surface area contributed by atoms with E-state index < -0.39 is 0 Å². The Morgan fingerprint density at radius 3 is 2.67 bits per heavy atom. The highest BCUT2D eigenvalue weighted by molar-refractivity contribution is 6.17. The summed E-state index contributed by atoms with van der Waals surface area (Å²) in [7, 11) is 0. The summed E-state index contributed by atoms with van der Waals surface area (Å²) in [5, 5.41) is 0. The van der Waals surface area contributed by atoms with E-state index >= 15 is 0 Å². The van der Waals surface area contributed by atoms with E-state index in [2.05, 4.69) is 15.0 Å². The Kier molecular flexibility index (Phi) is 2.68. The summed E-state index contributed by atoms with van der Waals surface area (Å²) in [6.07, 6.45) is 3.26.